The maximum atomic E-state index is 13.4. The van der Waals surface area contributed by atoms with Gasteiger partial charge in [-0.2, -0.15) is 5.26 Å². The Balaban J connectivity index is 1.82. The van der Waals surface area contributed by atoms with Crippen LogP contribution in [0.4, 0.5) is 10.1 Å². The van der Waals surface area contributed by atoms with Crippen molar-refractivity contribution in [1.29, 1.82) is 5.26 Å². The predicted molar refractivity (Wildman–Crippen MR) is 118 cm³/mol. The van der Waals surface area contributed by atoms with E-state index in [9.17, 15) is 14.4 Å². The molecule has 0 aliphatic carbocycles. The highest BCUT2D eigenvalue weighted by Gasteiger charge is 2.12. The fraction of sp³-hybridized carbons (Fsp3) is 0.0833. The number of carbonyl (C=O) groups excluding carboxylic acids is 1. The van der Waals surface area contributed by atoms with E-state index in [1.807, 2.05) is 25.1 Å². The molecule has 3 aromatic rings. The fourth-order valence-electron chi connectivity index (χ4n) is 2.69. The Morgan fingerprint density at radius 2 is 1.93 bits per heavy atom. The highest BCUT2D eigenvalue weighted by Crippen LogP contribution is 2.27. The third-order valence-electron chi connectivity index (χ3n) is 4.23. The molecular formula is C24H18BrFN2O2. The SMILES string of the molecule is Cc1ccc(NC(=O)/C(C#N)=C/c2cc(Br)ccc2OCc2cccc(F)c2)cc1. The number of ether oxygens (including phenoxy) is 1. The molecule has 6 heteroatoms. The van der Waals surface area contributed by atoms with Gasteiger partial charge >= 0.3 is 0 Å². The number of nitrogens with one attached hydrogen (secondary N) is 1. The average Bonchev–Trinajstić information content (AvgIpc) is 2.73. The highest BCUT2D eigenvalue weighted by molar-refractivity contribution is 9.10. The number of aryl methyl sites for hydroxylation is 1. The first kappa shape index (κ1) is 21.3. The molecule has 0 aliphatic heterocycles. The van der Waals surface area contributed by atoms with Gasteiger partial charge in [0.25, 0.3) is 5.91 Å². The third kappa shape index (κ3) is 5.79. The van der Waals surface area contributed by atoms with Gasteiger partial charge in [-0.05, 0) is 61.0 Å². The van der Waals surface area contributed by atoms with E-state index in [0.717, 1.165) is 10.0 Å². The molecule has 1 amide bonds. The summed E-state index contributed by atoms with van der Waals surface area (Å²) in [5.74, 6) is -0.387. The summed E-state index contributed by atoms with van der Waals surface area (Å²) in [6.07, 6.45) is 1.47. The van der Waals surface area contributed by atoms with Crippen molar-refractivity contribution >= 4 is 33.6 Å². The number of halogens is 2. The minimum absolute atomic E-state index is 0.0655. The molecule has 0 bridgehead atoms. The van der Waals surface area contributed by atoms with Gasteiger partial charge in [-0.3, -0.25) is 4.79 Å². The van der Waals surface area contributed by atoms with Gasteiger partial charge in [-0.25, -0.2) is 4.39 Å². The van der Waals surface area contributed by atoms with Crippen LogP contribution in [0, 0.1) is 24.1 Å². The third-order valence-corrected chi connectivity index (χ3v) is 4.72. The van der Waals surface area contributed by atoms with Gasteiger partial charge < -0.3 is 10.1 Å². The molecule has 0 radical (unpaired) electrons. The van der Waals surface area contributed by atoms with Crippen LogP contribution < -0.4 is 10.1 Å². The van der Waals surface area contributed by atoms with Crippen molar-refractivity contribution in [3.8, 4) is 11.8 Å². The van der Waals surface area contributed by atoms with E-state index in [4.69, 9.17) is 4.74 Å². The molecule has 30 heavy (non-hydrogen) atoms. The topological polar surface area (TPSA) is 62.1 Å². The van der Waals surface area contributed by atoms with Gasteiger partial charge in [0, 0.05) is 15.7 Å². The average molecular weight is 465 g/mol. The molecule has 0 unspecified atom stereocenters. The summed E-state index contributed by atoms with van der Waals surface area (Å²) in [6, 6.07) is 20.6. The molecule has 0 spiro atoms. The van der Waals surface area contributed by atoms with Crippen molar-refractivity contribution in [2.45, 2.75) is 13.5 Å². The van der Waals surface area contributed by atoms with Gasteiger partial charge in [-0.1, -0.05) is 45.8 Å². The van der Waals surface area contributed by atoms with Gasteiger partial charge in [0.2, 0.25) is 0 Å². The summed E-state index contributed by atoms with van der Waals surface area (Å²) in [4.78, 5) is 12.5. The molecule has 1 N–H and O–H groups in total. The van der Waals surface area contributed by atoms with Crippen LogP contribution in [0.3, 0.4) is 0 Å². The van der Waals surface area contributed by atoms with Crippen molar-refractivity contribution in [1.82, 2.24) is 0 Å². The van der Waals surface area contributed by atoms with Crippen molar-refractivity contribution in [2.24, 2.45) is 0 Å². The lowest BCUT2D eigenvalue weighted by Gasteiger charge is -2.11. The minimum atomic E-state index is -0.516. The van der Waals surface area contributed by atoms with E-state index in [-0.39, 0.29) is 18.0 Å². The molecule has 3 rings (SSSR count). The van der Waals surface area contributed by atoms with Gasteiger partial charge in [0.1, 0.15) is 29.8 Å². The van der Waals surface area contributed by atoms with Crippen LogP contribution in [0.2, 0.25) is 0 Å². The molecule has 0 heterocycles. The number of benzene rings is 3. The molecule has 3 aromatic carbocycles. The van der Waals surface area contributed by atoms with Crippen LogP contribution in [0.5, 0.6) is 5.75 Å². The Bertz CT molecular complexity index is 1130. The van der Waals surface area contributed by atoms with Crippen LogP contribution in [0.1, 0.15) is 16.7 Å². The van der Waals surface area contributed by atoms with E-state index in [2.05, 4.69) is 21.2 Å². The second kappa shape index (κ2) is 9.86. The summed E-state index contributed by atoms with van der Waals surface area (Å²) in [6.45, 7) is 2.10. The predicted octanol–water partition coefficient (Wildman–Crippen LogP) is 6.02. The molecule has 0 fully saturated rings. The zero-order chi connectivity index (χ0) is 21.5. The number of hydrogen-bond acceptors (Lipinski definition) is 3. The van der Waals surface area contributed by atoms with Crippen LogP contribution in [-0.4, -0.2) is 5.91 Å². The molecule has 0 saturated heterocycles. The minimum Gasteiger partial charge on any atom is -0.488 e. The van der Waals surface area contributed by atoms with Gasteiger partial charge in [-0.15, -0.1) is 0 Å². The lowest BCUT2D eigenvalue weighted by molar-refractivity contribution is -0.112. The van der Waals surface area contributed by atoms with Crippen molar-refractivity contribution in [3.63, 3.8) is 0 Å². The van der Waals surface area contributed by atoms with Crippen LogP contribution >= 0.6 is 15.9 Å². The number of nitrogens with zero attached hydrogens (tertiary/aromatic N) is 1. The summed E-state index contributed by atoms with van der Waals surface area (Å²) >= 11 is 3.39. The Labute approximate surface area is 182 Å². The molecule has 150 valence electrons. The first-order valence-electron chi connectivity index (χ1n) is 9.11. The standard InChI is InChI=1S/C24H18BrFN2O2/c1-16-5-8-22(9-6-16)28-24(29)19(14-27)12-18-13-20(25)7-10-23(18)30-15-17-3-2-4-21(26)11-17/h2-13H,15H2,1H3,(H,28,29)/b19-12+. The largest absolute Gasteiger partial charge is 0.488 e. The van der Waals surface area contributed by atoms with Crippen LogP contribution in [0.15, 0.2) is 76.8 Å². The molecule has 0 aliphatic rings. The summed E-state index contributed by atoms with van der Waals surface area (Å²) in [5, 5.41) is 12.2. The van der Waals surface area contributed by atoms with Gasteiger partial charge in [0.05, 0.1) is 0 Å². The lowest BCUT2D eigenvalue weighted by Crippen LogP contribution is -2.13. The van der Waals surface area contributed by atoms with E-state index >= 15 is 0 Å². The number of hydrogen-bond donors (Lipinski definition) is 1. The number of rotatable bonds is 6. The molecular weight excluding hydrogens is 447 g/mol. The summed E-state index contributed by atoms with van der Waals surface area (Å²) < 4.78 is 20.0. The maximum Gasteiger partial charge on any atom is 0.266 e. The fourth-order valence-corrected chi connectivity index (χ4v) is 3.07. The van der Waals surface area contributed by atoms with Crippen LogP contribution in [0.25, 0.3) is 6.08 Å². The zero-order valence-corrected chi connectivity index (χ0v) is 17.7. The quantitative estimate of drug-likeness (QED) is 0.358. The molecule has 0 saturated carbocycles. The Morgan fingerprint density at radius 3 is 2.63 bits per heavy atom. The van der Waals surface area contributed by atoms with Crippen molar-refractivity contribution < 1.29 is 13.9 Å². The normalized spacial score (nSPS) is 10.9. The highest BCUT2D eigenvalue weighted by atomic mass is 79.9. The lowest BCUT2D eigenvalue weighted by atomic mass is 10.1. The van der Waals surface area contributed by atoms with Gasteiger partial charge in [0.15, 0.2) is 0 Å². The zero-order valence-electron chi connectivity index (χ0n) is 16.2. The van der Waals surface area contributed by atoms with E-state index in [0.29, 0.717) is 22.6 Å². The Morgan fingerprint density at radius 1 is 1.17 bits per heavy atom. The number of nitriles is 1. The first-order valence-corrected chi connectivity index (χ1v) is 9.90. The summed E-state index contributed by atoms with van der Waals surface area (Å²) in [5.41, 5.74) is 2.83. The monoisotopic (exact) mass is 464 g/mol. The molecule has 4 nitrogen and oxygen atoms in total. The number of anilines is 1. The Hall–Kier alpha value is -3.43. The first-order chi connectivity index (χ1) is 14.4. The van der Waals surface area contributed by atoms with E-state index in [1.165, 1.54) is 18.2 Å². The molecule has 0 aromatic heterocycles. The number of carbonyl (C=O) groups is 1. The molecule has 0 atom stereocenters. The number of amides is 1. The second-order valence-corrected chi connectivity index (χ2v) is 7.51. The van der Waals surface area contributed by atoms with E-state index < -0.39 is 5.91 Å². The van der Waals surface area contributed by atoms with E-state index in [1.54, 1.807) is 42.5 Å². The van der Waals surface area contributed by atoms with Crippen molar-refractivity contribution in [3.05, 3.63) is 99.3 Å². The smallest absolute Gasteiger partial charge is 0.266 e. The maximum absolute atomic E-state index is 13.4. The summed E-state index contributed by atoms with van der Waals surface area (Å²) in [7, 11) is 0. The van der Waals surface area contributed by atoms with Crippen LogP contribution in [-0.2, 0) is 11.4 Å². The Kier molecular flexibility index (Phi) is 6.99. The second-order valence-electron chi connectivity index (χ2n) is 6.59. The van der Waals surface area contributed by atoms with Crippen molar-refractivity contribution in [2.75, 3.05) is 5.32 Å².